The number of hydrogen-bond acceptors (Lipinski definition) is 3. The molecule has 0 atom stereocenters. The molecular formula is C12H15N3O. The lowest BCUT2D eigenvalue weighted by atomic mass is 10.2. The molecule has 0 saturated carbocycles. The second kappa shape index (κ2) is 4.26. The molecule has 2 aromatic rings. The zero-order chi connectivity index (χ0) is 11.5. The number of rotatable bonds is 3. The Balaban J connectivity index is 2.48. The van der Waals surface area contributed by atoms with E-state index < -0.39 is 0 Å². The average molecular weight is 217 g/mol. The fraction of sp³-hybridized carbons (Fsp3) is 0.250. The van der Waals surface area contributed by atoms with Crippen molar-refractivity contribution in [3.8, 4) is 11.4 Å². The first-order chi connectivity index (χ1) is 7.74. The zero-order valence-corrected chi connectivity index (χ0v) is 9.69. The molecule has 0 spiro atoms. The quantitative estimate of drug-likeness (QED) is 0.856. The standard InChI is InChI=1S/C12H15N3O/c1-9-7-15(8-14-9)11-5-4-10(13-2)6-12(11)16-3/h4-8,13H,1-3H3. The molecule has 16 heavy (non-hydrogen) atoms. The Kier molecular flexibility index (Phi) is 2.81. The van der Waals surface area contributed by atoms with Crippen LogP contribution in [0, 0.1) is 6.92 Å². The molecule has 0 aliphatic rings. The van der Waals surface area contributed by atoms with Crippen molar-refractivity contribution in [3.05, 3.63) is 36.4 Å². The molecular weight excluding hydrogens is 202 g/mol. The van der Waals surface area contributed by atoms with E-state index in [4.69, 9.17) is 4.74 Å². The van der Waals surface area contributed by atoms with Gasteiger partial charge in [0.05, 0.1) is 24.8 Å². The van der Waals surface area contributed by atoms with E-state index in [2.05, 4.69) is 10.3 Å². The van der Waals surface area contributed by atoms with Crippen molar-refractivity contribution in [2.75, 3.05) is 19.5 Å². The Hall–Kier alpha value is -1.97. The Morgan fingerprint density at radius 1 is 1.38 bits per heavy atom. The van der Waals surface area contributed by atoms with Crippen LogP contribution in [0.2, 0.25) is 0 Å². The van der Waals surface area contributed by atoms with Crippen LogP contribution in [-0.2, 0) is 0 Å². The van der Waals surface area contributed by atoms with Gasteiger partial charge < -0.3 is 14.6 Å². The van der Waals surface area contributed by atoms with Gasteiger partial charge in [0.25, 0.3) is 0 Å². The van der Waals surface area contributed by atoms with Gasteiger partial charge in [0.1, 0.15) is 5.75 Å². The summed E-state index contributed by atoms with van der Waals surface area (Å²) in [4.78, 5) is 4.20. The maximum absolute atomic E-state index is 5.36. The normalized spacial score (nSPS) is 10.2. The molecule has 2 rings (SSSR count). The van der Waals surface area contributed by atoms with E-state index in [-0.39, 0.29) is 0 Å². The van der Waals surface area contributed by atoms with Crippen molar-refractivity contribution in [2.24, 2.45) is 0 Å². The summed E-state index contributed by atoms with van der Waals surface area (Å²) in [6.45, 7) is 1.96. The molecule has 0 aliphatic heterocycles. The topological polar surface area (TPSA) is 39.1 Å². The highest BCUT2D eigenvalue weighted by molar-refractivity contribution is 5.57. The van der Waals surface area contributed by atoms with Crippen LogP contribution in [0.3, 0.4) is 0 Å². The van der Waals surface area contributed by atoms with Gasteiger partial charge in [0.2, 0.25) is 0 Å². The second-order valence-electron chi connectivity index (χ2n) is 3.56. The molecule has 0 fully saturated rings. The molecule has 4 nitrogen and oxygen atoms in total. The minimum absolute atomic E-state index is 0.823. The van der Waals surface area contributed by atoms with Crippen LogP contribution in [0.5, 0.6) is 5.75 Å². The van der Waals surface area contributed by atoms with Gasteiger partial charge in [-0.15, -0.1) is 0 Å². The van der Waals surface area contributed by atoms with Crippen molar-refractivity contribution in [2.45, 2.75) is 6.92 Å². The molecule has 0 radical (unpaired) electrons. The number of anilines is 1. The highest BCUT2D eigenvalue weighted by Crippen LogP contribution is 2.26. The summed E-state index contributed by atoms with van der Waals surface area (Å²) in [5.74, 6) is 0.823. The van der Waals surface area contributed by atoms with Crippen LogP contribution < -0.4 is 10.1 Å². The zero-order valence-electron chi connectivity index (χ0n) is 9.69. The smallest absolute Gasteiger partial charge is 0.144 e. The van der Waals surface area contributed by atoms with Crippen molar-refractivity contribution in [1.29, 1.82) is 0 Å². The summed E-state index contributed by atoms with van der Waals surface area (Å²) in [5.41, 5.74) is 3.00. The largest absolute Gasteiger partial charge is 0.494 e. The third-order valence-electron chi connectivity index (χ3n) is 2.46. The van der Waals surface area contributed by atoms with Crippen LogP contribution in [0.4, 0.5) is 5.69 Å². The first-order valence-corrected chi connectivity index (χ1v) is 5.11. The number of nitrogens with one attached hydrogen (secondary N) is 1. The van der Waals surface area contributed by atoms with Crippen molar-refractivity contribution < 1.29 is 4.74 Å². The van der Waals surface area contributed by atoms with Gasteiger partial charge >= 0.3 is 0 Å². The van der Waals surface area contributed by atoms with E-state index in [1.54, 1.807) is 13.4 Å². The van der Waals surface area contributed by atoms with E-state index in [1.165, 1.54) is 0 Å². The lowest BCUT2D eigenvalue weighted by molar-refractivity contribution is 0.413. The Labute approximate surface area is 94.9 Å². The monoisotopic (exact) mass is 217 g/mol. The molecule has 0 amide bonds. The van der Waals surface area contributed by atoms with Crippen molar-refractivity contribution >= 4 is 5.69 Å². The minimum Gasteiger partial charge on any atom is -0.494 e. The van der Waals surface area contributed by atoms with E-state index in [9.17, 15) is 0 Å². The van der Waals surface area contributed by atoms with Crippen LogP contribution in [-0.4, -0.2) is 23.7 Å². The van der Waals surface area contributed by atoms with Gasteiger partial charge in [0, 0.05) is 25.0 Å². The first kappa shape index (κ1) is 10.5. The SMILES string of the molecule is CNc1ccc(-n2cnc(C)c2)c(OC)c1. The van der Waals surface area contributed by atoms with Crippen LogP contribution in [0.25, 0.3) is 5.69 Å². The highest BCUT2D eigenvalue weighted by atomic mass is 16.5. The van der Waals surface area contributed by atoms with E-state index >= 15 is 0 Å². The predicted octanol–water partition coefficient (Wildman–Crippen LogP) is 2.23. The van der Waals surface area contributed by atoms with Crippen molar-refractivity contribution in [3.63, 3.8) is 0 Å². The molecule has 0 unspecified atom stereocenters. The summed E-state index contributed by atoms with van der Waals surface area (Å²) in [5, 5.41) is 3.08. The summed E-state index contributed by atoms with van der Waals surface area (Å²) in [7, 11) is 3.55. The number of nitrogens with zero attached hydrogens (tertiary/aromatic N) is 2. The second-order valence-corrected chi connectivity index (χ2v) is 3.56. The van der Waals surface area contributed by atoms with Gasteiger partial charge in [0.15, 0.2) is 0 Å². The first-order valence-electron chi connectivity index (χ1n) is 5.11. The van der Waals surface area contributed by atoms with Gasteiger partial charge in [-0.1, -0.05) is 0 Å². The van der Waals surface area contributed by atoms with Gasteiger partial charge in [-0.05, 0) is 19.1 Å². The predicted molar refractivity (Wildman–Crippen MR) is 64.4 cm³/mol. The van der Waals surface area contributed by atoms with Crippen LogP contribution in [0.15, 0.2) is 30.7 Å². The molecule has 0 saturated heterocycles. The summed E-state index contributed by atoms with van der Waals surface area (Å²) < 4.78 is 7.31. The van der Waals surface area contributed by atoms with Gasteiger partial charge in [-0.25, -0.2) is 4.98 Å². The number of aryl methyl sites for hydroxylation is 1. The molecule has 1 aromatic heterocycles. The van der Waals surface area contributed by atoms with E-state index in [0.717, 1.165) is 22.8 Å². The van der Waals surface area contributed by atoms with Gasteiger partial charge in [-0.3, -0.25) is 0 Å². The fourth-order valence-corrected chi connectivity index (χ4v) is 1.60. The van der Waals surface area contributed by atoms with Crippen LogP contribution in [0.1, 0.15) is 5.69 Å². The number of imidazole rings is 1. The molecule has 4 heteroatoms. The maximum Gasteiger partial charge on any atom is 0.144 e. The number of methoxy groups -OCH3 is 1. The maximum atomic E-state index is 5.36. The molecule has 84 valence electrons. The number of benzene rings is 1. The Morgan fingerprint density at radius 2 is 2.19 bits per heavy atom. The molecule has 0 aliphatic carbocycles. The van der Waals surface area contributed by atoms with E-state index in [0.29, 0.717) is 0 Å². The lowest BCUT2D eigenvalue weighted by Crippen LogP contribution is -1.97. The number of hydrogen-bond donors (Lipinski definition) is 1. The number of ether oxygens (including phenoxy) is 1. The third kappa shape index (κ3) is 1.86. The Bertz CT molecular complexity index is 491. The molecule has 1 aromatic carbocycles. The summed E-state index contributed by atoms with van der Waals surface area (Å²) in [6, 6.07) is 5.98. The average Bonchev–Trinajstić information content (AvgIpc) is 2.74. The number of aromatic nitrogens is 2. The van der Waals surface area contributed by atoms with E-state index in [1.807, 2.05) is 42.9 Å². The lowest BCUT2D eigenvalue weighted by Gasteiger charge is -2.10. The molecule has 1 N–H and O–H groups in total. The minimum atomic E-state index is 0.823. The highest BCUT2D eigenvalue weighted by Gasteiger charge is 2.06. The molecule has 1 heterocycles. The third-order valence-corrected chi connectivity index (χ3v) is 2.46. The van der Waals surface area contributed by atoms with Crippen molar-refractivity contribution in [1.82, 2.24) is 9.55 Å². The van der Waals surface area contributed by atoms with Gasteiger partial charge in [-0.2, -0.15) is 0 Å². The molecule has 0 bridgehead atoms. The summed E-state index contributed by atoms with van der Waals surface area (Å²) in [6.07, 6.45) is 3.75. The van der Waals surface area contributed by atoms with Crippen LogP contribution >= 0.6 is 0 Å². The fourth-order valence-electron chi connectivity index (χ4n) is 1.60. The summed E-state index contributed by atoms with van der Waals surface area (Å²) >= 11 is 0. The Morgan fingerprint density at radius 3 is 2.75 bits per heavy atom.